The average Bonchev–Trinajstić information content (AvgIpc) is 2.41. The summed E-state index contributed by atoms with van der Waals surface area (Å²) in [5, 5.41) is 8.56. The molecule has 0 aromatic carbocycles. The Morgan fingerprint density at radius 1 is 1.12 bits per heavy atom. The molecule has 2 atom stereocenters. The monoisotopic (exact) mass is 359 g/mol. The molecule has 0 heterocycles. The molecule has 1 amide bonds. The first kappa shape index (κ1) is 22.8. The first-order valence-corrected chi connectivity index (χ1v) is 11.8. The summed E-state index contributed by atoms with van der Waals surface area (Å²) < 4.78 is 6.14. The molecule has 0 spiro atoms. The van der Waals surface area contributed by atoms with Crippen LogP contribution in [-0.2, 0) is 19.1 Å². The molecule has 0 aliphatic heterocycles. The van der Waals surface area contributed by atoms with Crippen LogP contribution in [0.5, 0.6) is 0 Å². The minimum atomic E-state index is -1.68. The van der Waals surface area contributed by atoms with E-state index in [0.29, 0.717) is 0 Å². The van der Waals surface area contributed by atoms with E-state index in [1.54, 1.807) is 0 Å². The average molecular weight is 360 g/mol. The zero-order chi connectivity index (χ0) is 19.5. The maximum absolute atomic E-state index is 12.6. The van der Waals surface area contributed by atoms with Crippen molar-refractivity contribution >= 4 is 25.7 Å². The Bertz CT molecular complexity index is 482. The maximum atomic E-state index is 12.6. The van der Waals surface area contributed by atoms with E-state index in [9.17, 15) is 14.4 Å². The van der Waals surface area contributed by atoms with Crippen molar-refractivity contribution in [3.05, 3.63) is 0 Å². The minimum absolute atomic E-state index is 0.0665. The van der Waals surface area contributed by atoms with E-state index < -0.39 is 37.3 Å². The Hall–Kier alpha value is -1.21. The van der Waals surface area contributed by atoms with Crippen LogP contribution in [0.25, 0.3) is 0 Å². The number of amides is 1. The number of nitrogens with zero attached hydrogens (tertiary/aromatic N) is 1. The van der Waals surface area contributed by atoms with Crippen molar-refractivity contribution in [1.29, 1.82) is 0 Å². The molecule has 0 aromatic rings. The number of ketones is 1. The van der Waals surface area contributed by atoms with E-state index >= 15 is 0 Å². The van der Waals surface area contributed by atoms with Gasteiger partial charge in [0.05, 0.1) is 19.7 Å². The molecule has 0 aliphatic carbocycles. The molecule has 24 heavy (non-hydrogen) atoms. The number of hydrogen-bond donors (Lipinski definition) is 1. The summed E-state index contributed by atoms with van der Waals surface area (Å²) in [6.45, 7) is 15.7. The third-order valence-corrected chi connectivity index (χ3v) is 8.54. The van der Waals surface area contributed by atoms with Crippen LogP contribution in [0.4, 0.5) is 0 Å². The molecule has 0 rings (SSSR count). The number of carboxylic acids is 1. The van der Waals surface area contributed by atoms with Crippen molar-refractivity contribution in [3.63, 3.8) is 0 Å². The second-order valence-electron chi connectivity index (χ2n) is 8.20. The normalized spacial score (nSPS) is 15.1. The standard InChI is InChI=1S/C17H33NO5Si/c1-11(2)15(23-17(4,5)24(7,8)9)13(19)10-14(20)18(6)12(3)16(21)22/h11-12,15H,10H2,1-9H3,(H,21,22)/t12-,15-/m0/s1. The van der Waals surface area contributed by atoms with Gasteiger partial charge in [0.25, 0.3) is 0 Å². The van der Waals surface area contributed by atoms with Gasteiger partial charge < -0.3 is 14.7 Å². The highest BCUT2D eigenvalue weighted by Gasteiger charge is 2.40. The van der Waals surface area contributed by atoms with E-state index in [4.69, 9.17) is 9.84 Å². The molecular weight excluding hydrogens is 326 g/mol. The van der Waals surface area contributed by atoms with Crippen molar-refractivity contribution in [2.24, 2.45) is 5.92 Å². The molecule has 0 aromatic heterocycles. The minimum Gasteiger partial charge on any atom is -0.480 e. The van der Waals surface area contributed by atoms with Gasteiger partial charge in [0.1, 0.15) is 12.1 Å². The third-order valence-electron chi connectivity index (χ3n) is 4.81. The zero-order valence-corrected chi connectivity index (χ0v) is 17.5. The number of aliphatic carboxylic acids is 1. The number of likely N-dealkylation sites (N-methyl/N-ethyl adjacent to an activating group) is 1. The van der Waals surface area contributed by atoms with Crippen LogP contribution in [0.1, 0.15) is 41.0 Å². The number of rotatable bonds is 9. The fraction of sp³-hybridized carbons (Fsp3) is 0.824. The summed E-state index contributed by atoms with van der Waals surface area (Å²) in [4.78, 5) is 36.8. The molecular formula is C17H33NO5Si. The molecule has 0 radical (unpaired) electrons. The number of carboxylic acid groups (broad SMARTS) is 1. The Balaban J connectivity index is 5.14. The van der Waals surface area contributed by atoms with Crippen LogP contribution < -0.4 is 0 Å². The number of ether oxygens (including phenoxy) is 1. The summed E-state index contributed by atoms with van der Waals surface area (Å²) in [5.74, 6) is -1.97. The fourth-order valence-electron chi connectivity index (χ4n) is 1.82. The van der Waals surface area contributed by atoms with Crippen LogP contribution in [0.15, 0.2) is 0 Å². The Morgan fingerprint density at radius 3 is 1.92 bits per heavy atom. The molecule has 0 bridgehead atoms. The second-order valence-corrected chi connectivity index (χ2v) is 13.9. The zero-order valence-electron chi connectivity index (χ0n) is 16.5. The Morgan fingerprint density at radius 2 is 1.58 bits per heavy atom. The van der Waals surface area contributed by atoms with E-state index in [2.05, 4.69) is 19.6 Å². The summed E-state index contributed by atoms with van der Waals surface area (Å²) in [6, 6.07) is -0.970. The Labute approximate surface area is 146 Å². The number of carbonyl (C=O) groups is 3. The maximum Gasteiger partial charge on any atom is 0.326 e. The molecule has 6 nitrogen and oxygen atoms in total. The highest BCUT2D eigenvalue weighted by molar-refractivity contribution is 6.78. The lowest BCUT2D eigenvalue weighted by Crippen LogP contribution is -2.53. The topological polar surface area (TPSA) is 83.9 Å². The van der Waals surface area contributed by atoms with E-state index in [1.165, 1.54) is 14.0 Å². The Kier molecular flexibility index (Phi) is 7.83. The van der Waals surface area contributed by atoms with Gasteiger partial charge in [0, 0.05) is 7.05 Å². The highest BCUT2D eigenvalue weighted by Crippen LogP contribution is 2.28. The first-order chi connectivity index (χ1) is 10.6. The smallest absolute Gasteiger partial charge is 0.326 e. The molecule has 0 saturated carbocycles. The third kappa shape index (κ3) is 6.01. The van der Waals surface area contributed by atoms with E-state index in [0.717, 1.165) is 4.90 Å². The van der Waals surface area contributed by atoms with Crippen LogP contribution in [0, 0.1) is 5.92 Å². The lowest BCUT2D eigenvalue weighted by Gasteiger charge is -2.40. The summed E-state index contributed by atoms with van der Waals surface area (Å²) in [7, 11) is -0.287. The van der Waals surface area contributed by atoms with Crippen molar-refractivity contribution in [2.45, 2.75) is 78.1 Å². The molecule has 140 valence electrons. The van der Waals surface area contributed by atoms with Crippen LogP contribution >= 0.6 is 0 Å². The van der Waals surface area contributed by atoms with Gasteiger partial charge >= 0.3 is 5.97 Å². The van der Waals surface area contributed by atoms with Crippen molar-refractivity contribution in [1.82, 2.24) is 4.90 Å². The predicted molar refractivity (Wildman–Crippen MR) is 96.6 cm³/mol. The lowest BCUT2D eigenvalue weighted by molar-refractivity contribution is -0.152. The van der Waals surface area contributed by atoms with Gasteiger partial charge in [-0.15, -0.1) is 0 Å². The van der Waals surface area contributed by atoms with Crippen LogP contribution in [0.3, 0.4) is 0 Å². The number of carbonyl (C=O) groups excluding carboxylic acids is 2. The summed E-state index contributed by atoms with van der Waals surface area (Å²) in [5.41, 5.74) is 0. The molecule has 1 N–H and O–H groups in total. The highest BCUT2D eigenvalue weighted by atomic mass is 28.3. The molecule has 0 unspecified atom stereocenters. The van der Waals surface area contributed by atoms with Gasteiger partial charge in [-0.2, -0.15) is 0 Å². The summed E-state index contributed by atoms with van der Waals surface area (Å²) >= 11 is 0. The second kappa shape index (κ2) is 8.25. The van der Waals surface area contributed by atoms with Gasteiger partial charge in [-0.3, -0.25) is 9.59 Å². The van der Waals surface area contributed by atoms with E-state index in [1.807, 2.05) is 27.7 Å². The lowest BCUT2D eigenvalue weighted by atomic mass is 10.00. The predicted octanol–water partition coefficient (Wildman–Crippen LogP) is 2.57. The van der Waals surface area contributed by atoms with Gasteiger partial charge in [-0.25, -0.2) is 4.79 Å². The van der Waals surface area contributed by atoms with Crippen molar-refractivity contribution in [3.8, 4) is 0 Å². The van der Waals surface area contributed by atoms with Gasteiger partial charge in [-0.1, -0.05) is 33.5 Å². The van der Waals surface area contributed by atoms with Crippen molar-refractivity contribution < 1.29 is 24.2 Å². The van der Waals surface area contributed by atoms with Gasteiger partial charge in [-0.05, 0) is 26.7 Å². The SMILES string of the molecule is CC(C)[C@H](OC(C)(C)[Si](C)(C)C)C(=O)CC(=O)N(C)[C@@H](C)C(=O)O. The fourth-order valence-corrected chi connectivity index (χ4v) is 2.30. The number of Topliss-reactive ketones (excluding diaryl/α,β-unsaturated/α-hetero) is 1. The first-order valence-electron chi connectivity index (χ1n) is 8.30. The van der Waals surface area contributed by atoms with Crippen molar-refractivity contribution in [2.75, 3.05) is 7.05 Å². The van der Waals surface area contributed by atoms with Gasteiger partial charge in [0.15, 0.2) is 5.78 Å². The van der Waals surface area contributed by atoms with Gasteiger partial charge in [0.2, 0.25) is 5.91 Å². The number of hydrogen-bond acceptors (Lipinski definition) is 4. The van der Waals surface area contributed by atoms with E-state index in [-0.39, 0.29) is 18.1 Å². The van der Waals surface area contributed by atoms with Crippen LogP contribution in [-0.4, -0.2) is 60.2 Å². The molecule has 0 fully saturated rings. The quantitative estimate of drug-likeness (QED) is 0.505. The van der Waals surface area contributed by atoms with Crippen LogP contribution in [0.2, 0.25) is 19.6 Å². The molecule has 0 saturated heterocycles. The largest absolute Gasteiger partial charge is 0.480 e. The molecule has 0 aliphatic rings. The summed E-state index contributed by atoms with van der Waals surface area (Å²) in [6.07, 6.45) is -1.03. The molecule has 7 heteroatoms.